The molecule has 2 rings (SSSR count). The highest BCUT2D eigenvalue weighted by atomic mass is 16.7. The molecule has 0 aromatic rings. The Hall–Kier alpha value is -1.06. The van der Waals surface area contributed by atoms with E-state index in [0.29, 0.717) is 6.42 Å². The van der Waals surface area contributed by atoms with Crippen LogP contribution in [0, 0.1) is 11.3 Å². The zero-order chi connectivity index (χ0) is 12.0. The summed E-state index contributed by atoms with van der Waals surface area (Å²) in [5, 5.41) is 4.15. The Kier molecular flexibility index (Phi) is 2.48. The van der Waals surface area contributed by atoms with Crippen molar-refractivity contribution in [2.45, 2.75) is 45.6 Å². The van der Waals surface area contributed by atoms with Crippen molar-refractivity contribution in [3.63, 3.8) is 0 Å². The number of hydrogen-bond acceptors (Lipinski definition) is 4. The summed E-state index contributed by atoms with van der Waals surface area (Å²) in [5.41, 5.74) is 0.123. The van der Waals surface area contributed by atoms with E-state index >= 15 is 0 Å². The molecule has 4 heteroatoms. The van der Waals surface area contributed by atoms with Crippen molar-refractivity contribution in [1.29, 1.82) is 0 Å². The van der Waals surface area contributed by atoms with Crippen LogP contribution in [0.5, 0.6) is 0 Å². The molecule has 2 unspecified atom stereocenters. The molecule has 1 saturated carbocycles. The monoisotopic (exact) mass is 225 g/mol. The Morgan fingerprint density at radius 1 is 1.56 bits per heavy atom. The SMILES string of the molecule is COC(=O)C12CCCC1C(C(C)(C)C)=NO2. The zero-order valence-corrected chi connectivity index (χ0v) is 10.4. The molecule has 0 bridgehead atoms. The molecule has 1 aliphatic carbocycles. The van der Waals surface area contributed by atoms with Crippen LogP contribution in [0.25, 0.3) is 0 Å². The molecule has 1 fully saturated rings. The van der Waals surface area contributed by atoms with Gasteiger partial charge in [0.2, 0.25) is 5.60 Å². The molecule has 2 atom stereocenters. The standard InChI is InChI=1S/C12H19NO3/c1-11(2,3)9-8-6-5-7-12(8,16-13-9)10(14)15-4/h8H,5-7H2,1-4H3. The average Bonchev–Trinajstić information content (AvgIpc) is 2.71. The van der Waals surface area contributed by atoms with Gasteiger partial charge in [0.05, 0.1) is 18.7 Å². The van der Waals surface area contributed by atoms with Crippen LogP contribution in [-0.2, 0) is 14.4 Å². The van der Waals surface area contributed by atoms with Crippen LogP contribution < -0.4 is 0 Å². The first kappa shape index (κ1) is 11.4. The summed E-state index contributed by atoms with van der Waals surface area (Å²) in [6, 6.07) is 0. The van der Waals surface area contributed by atoms with Crippen LogP contribution in [0.4, 0.5) is 0 Å². The van der Waals surface area contributed by atoms with Gasteiger partial charge in [-0.15, -0.1) is 0 Å². The number of hydrogen-bond donors (Lipinski definition) is 0. The maximum atomic E-state index is 11.9. The first-order valence-electron chi connectivity index (χ1n) is 5.77. The van der Waals surface area contributed by atoms with Gasteiger partial charge in [0.1, 0.15) is 0 Å². The van der Waals surface area contributed by atoms with Crippen molar-refractivity contribution in [3.05, 3.63) is 0 Å². The van der Waals surface area contributed by atoms with Gasteiger partial charge in [-0.2, -0.15) is 0 Å². The van der Waals surface area contributed by atoms with Crippen molar-refractivity contribution in [1.82, 2.24) is 0 Å². The van der Waals surface area contributed by atoms with Crippen molar-refractivity contribution in [3.8, 4) is 0 Å². The van der Waals surface area contributed by atoms with Crippen molar-refractivity contribution >= 4 is 11.7 Å². The largest absolute Gasteiger partial charge is 0.466 e. The molecule has 0 aromatic heterocycles. The first-order valence-corrected chi connectivity index (χ1v) is 5.77. The fraction of sp³-hybridized carbons (Fsp3) is 0.833. The van der Waals surface area contributed by atoms with Crippen LogP contribution in [0.15, 0.2) is 5.16 Å². The quantitative estimate of drug-likeness (QED) is 0.642. The number of carbonyl (C=O) groups is 1. The second-order valence-corrected chi connectivity index (χ2v) is 5.64. The minimum atomic E-state index is -0.822. The van der Waals surface area contributed by atoms with E-state index < -0.39 is 5.60 Å². The topological polar surface area (TPSA) is 47.9 Å². The molecule has 0 aromatic carbocycles. The second-order valence-electron chi connectivity index (χ2n) is 5.64. The van der Waals surface area contributed by atoms with Crippen molar-refractivity contribution in [2.24, 2.45) is 16.5 Å². The number of nitrogens with zero attached hydrogens (tertiary/aromatic N) is 1. The Labute approximate surface area is 96.0 Å². The smallest absolute Gasteiger partial charge is 0.353 e. The molecule has 2 aliphatic rings. The van der Waals surface area contributed by atoms with Crippen LogP contribution >= 0.6 is 0 Å². The summed E-state index contributed by atoms with van der Waals surface area (Å²) in [6.07, 6.45) is 2.67. The minimum absolute atomic E-state index is 0.0508. The molecule has 1 heterocycles. The Morgan fingerprint density at radius 2 is 2.25 bits per heavy atom. The molecular weight excluding hydrogens is 206 g/mol. The lowest BCUT2D eigenvalue weighted by molar-refractivity contribution is -0.168. The van der Waals surface area contributed by atoms with Gasteiger partial charge in [-0.3, -0.25) is 0 Å². The molecule has 0 saturated heterocycles. The van der Waals surface area contributed by atoms with Crippen LogP contribution in [-0.4, -0.2) is 24.4 Å². The number of esters is 1. The second kappa shape index (κ2) is 3.47. The summed E-state index contributed by atoms with van der Waals surface area (Å²) in [5.74, 6) is -0.182. The molecule has 0 spiro atoms. The van der Waals surface area contributed by atoms with E-state index in [0.717, 1.165) is 18.6 Å². The molecule has 0 amide bonds. The summed E-state index contributed by atoms with van der Waals surface area (Å²) in [7, 11) is 1.41. The number of methoxy groups -OCH3 is 1. The predicted octanol–water partition coefficient (Wildman–Crippen LogP) is 2.13. The fourth-order valence-corrected chi connectivity index (χ4v) is 2.75. The number of fused-ring (bicyclic) bond motifs is 1. The Bertz CT molecular complexity index is 343. The van der Waals surface area contributed by atoms with Gasteiger partial charge in [0.15, 0.2) is 0 Å². The summed E-state index contributed by atoms with van der Waals surface area (Å²) >= 11 is 0. The predicted molar refractivity (Wildman–Crippen MR) is 60.1 cm³/mol. The summed E-state index contributed by atoms with van der Waals surface area (Å²) in [6.45, 7) is 6.29. The van der Waals surface area contributed by atoms with Gasteiger partial charge >= 0.3 is 5.97 Å². The van der Waals surface area contributed by atoms with E-state index in [9.17, 15) is 4.79 Å². The van der Waals surface area contributed by atoms with Gasteiger partial charge in [-0.05, 0) is 12.8 Å². The lowest BCUT2D eigenvalue weighted by atomic mass is 9.76. The highest BCUT2D eigenvalue weighted by Crippen LogP contribution is 2.48. The van der Waals surface area contributed by atoms with Crippen LogP contribution in [0.1, 0.15) is 40.0 Å². The minimum Gasteiger partial charge on any atom is -0.466 e. The third-order valence-electron chi connectivity index (χ3n) is 3.54. The lowest BCUT2D eigenvalue weighted by Gasteiger charge is -2.27. The number of ether oxygens (including phenoxy) is 1. The summed E-state index contributed by atoms with van der Waals surface area (Å²) < 4.78 is 4.86. The van der Waals surface area contributed by atoms with E-state index in [4.69, 9.17) is 9.57 Å². The summed E-state index contributed by atoms with van der Waals surface area (Å²) in [4.78, 5) is 17.3. The Balaban J connectivity index is 2.31. The maximum Gasteiger partial charge on any atom is 0.353 e. The van der Waals surface area contributed by atoms with Crippen molar-refractivity contribution in [2.75, 3.05) is 7.11 Å². The normalized spacial score (nSPS) is 33.0. The van der Waals surface area contributed by atoms with Crippen LogP contribution in [0.3, 0.4) is 0 Å². The van der Waals surface area contributed by atoms with E-state index in [1.165, 1.54) is 7.11 Å². The number of rotatable bonds is 1. The molecule has 90 valence electrons. The highest BCUT2D eigenvalue weighted by Gasteiger charge is 2.60. The van der Waals surface area contributed by atoms with Gasteiger partial charge < -0.3 is 9.57 Å². The van der Waals surface area contributed by atoms with Gasteiger partial charge in [-0.25, -0.2) is 4.79 Å². The van der Waals surface area contributed by atoms with E-state index in [1.54, 1.807) is 0 Å². The highest BCUT2D eigenvalue weighted by molar-refractivity contribution is 5.99. The van der Waals surface area contributed by atoms with Gasteiger partial charge in [0, 0.05) is 11.8 Å². The molecule has 16 heavy (non-hydrogen) atoms. The zero-order valence-electron chi connectivity index (χ0n) is 10.4. The third kappa shape index (κ3) is 1.43. The average molecular weight is 225 g/mol. The molecule has 0 N–H and O–H groups in total. The Morgan fingerprint density at radius 3 is 2.81 bits per heavy atom. The van der Waals surface area contributed by atoms with E-state index in [2.05, 4.69) is 25.9 Å². The van der Waals surface area contributed by atoms with Gasteiger partial charge in [0.25, 0.3) is 0 Å². The first-order chi connectivity index (χ1) is 7.42. The molecule has 4 nitrogen and oxygen atoms in total. The van der Waals surface area contributed by atoms with E-state index in [1.807, 2.05) is 0 Å². The lowest BCUT2D eigenvalue weighted by Crippen LogP contribution is -2.45. The third-order valence-corrected chi connectivity index (χ3v) is 3.54. The fourth-order valence-electron chi connectivity index (χ4n) is 2.75. The molecular formula is C12H19NO3. The van der Waals surface area contributed by atoms with Crippen LogP contribution in [0.2, 0.25) is 0 Å². The number of oxime groups is 1. The van der Waals surface area contributed by atoms with Gasteiger partial charge in [-0.1, -0.05) is 25.9 Å². The number of carbonyl (C=O) groups excluding carboxylic acids is 1. The molecule has 1 aliphatic heterocycles. The molecule has 0 radical (unpaired) electrons. The van der Waals surface area contributed by atoms with Crippen molar-refractivity contribution < 1.29 is 14.4 Å². The van der Waals surface area contributed by atoms with E-state index in [-0.39, 0.29) is 17.3 Å². The maximum absolute atomic E-state index is 11.9.